The van der Waals surface area contributed by atoms with E-state index in [-0.39, 0.29) is 0 Å². The highest BCUT2D eigenvalue weighted by molar-refractivity contribution is 5.60. The maximum atomic E-state index is 5.57. The van der Waals surface area contributed by atoms with E-state index < -0.39 is 0 Å². The van der Waals surface area contributed by atoms with Gasteiger partial charge in [0, 0.05) is 25.1 Å². The van der Waals surface area contributed by atoms with Crippen LogP contribution in [-0.4, -0.2) is 9.97 Å². The van der Waals surface area contributed by atoms with Gasteiger partial charge >= 0.3 is 0 Å². The Bertz CT molecular complexity index is 613. The number of rotatable bonds is 3. The molecule has 5 heteroatoms. The molecular formula is C15H19N5. The van der Waals surface area contributed by atoms with Gasteiger partial charge in [-0.2, -0.15) is 0 Å². The van der Waals surface area contributed by atoms with Gasteiger partial charge in [-0.05, 0) is 18.1 Å². The zero-order chi connectivity index (χ0) is 14.1. The first kappa shape index (κ1) is 12.9. The second-order valence-corrected chi connectivity index (χ2v) is 5.06. The third-order valence-corrected chi connectivity index (χ3v) is 3.76. The fourth-order valence-corrected chi connectivity index (χ4v) is 2.64. The van der Waals surface area contributed by atoms with Crippen LogP contribution < -0.4 is 16.2 Å². The molecule has 1 aliphatic rings. The van der Waals surface area contributed by atoms with Crippen LogP contribution in [-0.2, 0) is 19.5 Å². The van der Waals surface area contributed by atoms with Crippen molar-refractivity contribution in [2.45, 2.75) is 33.4 Å². The molecule has 2 heterocycles. The normalized spacial score (nSPS) is 13.4. The number of nitrogen functional groups attached to an aromatic ring is 1. The van der Waals surface area contributed by atoms with Crippen molar-refractivity contribution in [3.63, 3.8) is 0 Å². The molecule has 1 aliphatic heterocycles. The standard InChI is InChI=1S/C15H19N5/c1-3-13-17-14(19-16)10(2)15(18-13)20-8-11-6-4-5-7-12(11)9-20/h4-7H,3,8-9,16H2,1-2H3,(H,17,18,19). The van der Waals surface area contributed by atoms with Crippen LogP contribution >= 0.6 is 0 Å². The van der Waals surface area contributed by atoms with Crippen molar-refractivity contribution in [1.82, 2.24) is 9.97 Å². The molecule has 0 bridgehead atoms. The summed E-state index contributed by atoms with van der Waals surface area (Å²) in [6.45, 7) is 5.84. The van der Waals surface area contributed by atoms with Crippen LogP contribution in [0.25, 0.3) is 0 Å². The molecule has 5 nitrogen and oxygen atoms in total. The Morgan fingerprint density at radius 2 is 1.85 bits per heavy atom. The monoisotopic (exact) mass is 269 g/mol. The summed E-state index contributed by atoms with van der Waals surface area (Å²) in [6.07, 6.45) is 0.794. The van der Waals surface area contributed by atoms with E-state index >= 15 is 0 Å². The van der Waals surface area contributed by atoms with Gasteiger partial charge in [0.1, 0.15) is 17.5 Å². The molecule has 0 saturated carbocycles. The number of anilines is 2. The Kier molecular flexibility index (Phi) is 3.28. The molecule has 0 atom stereocenters. The quantitative estimate of drug-likeness (QED) is 0.660. The van der Waals surface area contributed by atoms with Gasteiger partial charge in [0.15, 0.2) is 0 Å². The Hall–Kier alpha value is -2.14. The van der Waals surface area contributed by atoms with Crippen molar-refractivity contribution in [2.75, 3.05) is 10.3 Å². The highest BCUT2D eigenvalue weighted by Gasteiger charge is 2.22. The first-order chi connectivity index (χ1) is 9.72. The lowest BCUT2D eigenvalue weighted by Gasteiger charge is -2.21. The van der Waals surface area contributed by atoms with Gasteiger partial charge in [-0.15, -0.1) is 0 Å². The minimum atomic E-state index is 0.711. The molecule has 0 spiro atoms. The highest BCUT2D eigenvalue weighted by atomic mass is 15.3. The van der Waals surface area contributed by atoms with Crippen molar-refractivity contribution in [3.8, 4) is 0 Å². The minimum absolute atomic E-state index is 0.711. The van der Waals surface area contributed by atoms with Crippen LogP contribution in [0.3, 0.4) is 0 Å². The van der Waals surface area contributed by atoms with Gasteiger partial charge in [-0.1, -0.05) is 31.2 Å². The average Bonchev–Trinajstić information content (AvgIpc) is 2.91. The average molecular weight is 269 g/mol. The summed E-state index contributed by atoms with van der Waals surface area (Å²) >= 11 is 0. The van der Waals surface area contributed by atoms with Gasteiger partial charge in [0.2, 0.25) is 0 Å². The third-order valence-electron chi connectivity index (χ3n) is 3.76. The van der Waals surface area contributed by atoms with E-state index in [4.69, 9.17) is 5.84 Å². The largest absolute Gasteiger partial charge is 0.348 e. The second-order valence-electron chi connectivity index (χ2n) is 5.06. The minimum Gasteiger partial charge on any atom is -0.348 e. The number of hydrogen-bond acceptors (Lipinski definition) is 5. The Labute approximate surface area is 118 Å². The number of nitrogens with one attached hydrogen (secondary N) is 1. The molecule has 0 fully saturated rings. The summed E-state index contributed by atoms with van der Waals surface area (Å²) < 4.78 is 0. The van der Waals surface area contributed by atoms with E-state index in [1.165, 1.54) is 11.1 Å². The number of hydrogen-bond donors (Lipinski definition) is 2. The predicted molar refractivity (Wildman–Crippen MR) is 80.3 cm³/mol. The fourth-order valence-electron chi connectivity index (χ4n) is 2.64. The molecule has 0 saturated heterocycles. The van der Waals surface area contributed by atoms with Crippen molar-refractivity contribution in [3.05, 3.63) is 46.8 Å². The van der Waals surface area contributed by atoms with Crippen molar-refractivity contribution >= 4 is 11.6 Å². The number of aryl methyl sites for hydroxylation is 1. The Morgan fingerprint density at radius 1 is 1.20 bits per heavy atom. The van der Waals surface area contributed by atoms with Crippen molar-refractivity contribution in [2.24, 2.45) is 5.84 Å². The molecule has 0 radical (unpaired) electrons. The summed E-state index contributed by atoms with van der Waals surface area (Å²) in [7, 11) is 0. The summed E-state index contributed by atoms with van der Waals surface area (Å²) in [5.74, 6) is 8.07. The van der Waals surface area contributed by atoms with Crippen LogP contribution in [0, 0.1) is 6.92 Å². The first-order valence-electron chi connectivity index (χ1n) is 6.88. The Morgan fingerprint density at radius 3 is 2.40 bits per heavy atom. The zero-order valence-corrected chi connectivity index (χ0v) is 11.8. The SMILES string of the molecule is CCc1nc(NN)c(C)c(N2Cc3ccccc3C2)n1. The molecule has 1 aromatic carbocycles. The van der Waals surface area contributed by atoms with Gasteiger partial charge < -0.3 is 10.3 Å². The maximum Gasteiger partial charge on any atom is 0.148 e. The molecule has 20 heavy (non-hydrogen) atoms. The highest BCUT2D eigenvalue weighted by Crippen LogP contribution is 2.31. The lowest BCUT2D eigenvalue weighted by Crippen LogP contribution is -2.21. The van der Waals surface area contributed by atoms with Crippen LogP contribution in [0.1, 0.15) is 29.4 Å². The molecule has 104 valence electrons. The van der Waals surface area contributed by atoms with Gasteiger partial charge in [0.05, 0.1) is 0 Å². The lowest BCUT2D eigenvalue weighted by atomic mass is 10.1. The fraction of sp³-hybridized carbons (Fsp3) is 0.333. The molecule has 3 N–H and O–H groups in total. The summed E-state index contributed by atoms with van der Waals surface area (Å²) in [5.41, 5.74) is 6.41. The van der Waals surface area contributed by atoms with Crippen LogP contribution in [0.5, 0.6) is 0 Å². The zero-order valence-electron chi connectivity index (χ0n) is 11.8. The molecule has 1 aromatic heterocycles. The molecule has 0 aliphatic carbocycles. The number of benzene rings is 1. The number of fused-ring (bicyclic) bond motifs is 1. The van der Waals surface area contributed by atoms with Crippen molar-refractivity contribution in [1.29, 1.82) is 0 Å². The lowest BCUT2D eigenvalue weighted by molar-refractivity contribution is 0.821. The van der Waals surface area contributed by atoms with Gasteiger partial charge in [0.25, 0.3) is 0 Å². The molecule has 2 aromatic rings. The van der Waals surface area contributed by atoms with E-state index in [2.05, 4.69) is 44.6 Å². The Balaban J connectivity index is 2.00. The molecule has 0 unspecified atom stereocenters. The first-order valence-corrected chi connectivity index (χ1v) is 6.88. The summed E-state index contributed by atoms with van der Waals surface area (Å²) in [6, 6.07) is 8.52. The summed E-state index contributed by atoms with van der Waals surface area (Å²) in [5, 5.41) is 0. The maximum absolute atomic E-state index is 5.57. The van der Waals surface area contributed by atoms with Crippen molar-refractivity contribution < 1.29 is 0 Å². The van der Waals surface area contributed by atoms with Crippen LogP contribution in [0.2, 0.25) is 0 Å². The number of nitrogens with zero attached hydrogens (tertiary/aromatic N) is 3. The molecule has 3 rings (SSSR count). The predicted octanol–water partition coefficient (Wildman–Crippen LogP) is 2.15. The third kappa shape index (κ3) is 2.10. The van der Waals surface area contributed by atoms with E-state index in [0.717, 1.165) is 36.7 Å². The smallest absolute Gasteiger partial charge is 0.148 e. The van der Waals surface area contributed by atoms with E-state index in [0.29, 0.717) is 5.82 Å². The van der Waals surface area contributed by atoms with E-state index in [9.17, 15) is 0 Å². The van der Waals surface area contributed by atoms with Crippen LogP contribution in [0.15, 0.2) is 24.3 Å². The molecule has 0 amide bonds. The number of hydrazine groups is 1. The second kappa shape index (κ2) is 5.09. The molecular weight excluding hydrogens is 250 g/mol. The van der Waals surface area contributed by atoms with E-state index in [1.807, 2.05) is 13.8 Å². The number of nitrogens with two attached hydrogens (primary N) is 1. The van der Waals surface area contributed by atoms with E-state index in [1.54, 1.807) is 0 Å². The summed E-state index contributed by atoms with van der Waals surface area (Å²) in [4.78, 5) is 11.4. The topological polar surface area (TPSA) is 67.1 Å². The number of aromatic nitrogens is 2. The van der Waals surface area contributed by atoms with Crippen LogP contribution in [0.4, 0.5) is 11.6 Å². The van der Waals surface area contributed by atoms with Gasteiger partial charge in [-0.25, -0.2) is 15.8 Å². The van der Waals surface area contributed by atoms with Gasteiger partial charge in [-0.3, -0.25) is 0 Å².